The van der Waals surface area contributed by atoms with Gasteiger partial charge in [-0.2, -0.15) is 13.2 Å². The van der Waals surface area contributed by atoms with Crippen molar-refractivity contribution in [2.24, 2.45) is 5.73 Å². The van der Waals surface area contributed by atoms with E-state index in [1.54, 1.807) is 0 Å². The third-order valence-electron chi connectivity index (χ3n) is 5.55. The maximum absolute atomic E-state index is 12.5. The predicted molar refractivity (Wildman–Crippen MR) is 121 cm³/mol. The number of hydrogen-bond donors (Lipinski definition) is 3. The molecule has 4 N–H and O–H groups in total. The molecule has 0 unspecified atom stereocenters. The van der Waals surface area contributed by atoms with Gasteiger partial charge in [0.05, 0.1) is 0 Å². The van der Waals surface area contributed by atoms with Crippen LogP contribution in [0.1, 0.15) is 36.3 Å². The van der Waals surface area contributed by atoms with Gasteiger partial charge in [0.15, 0.2) is 0 Å². The molecule has 1 atom stereocenters. The van der Waals surface area contributed by atoms with Crippen LogP contribution in [-0.4, -0.2) is 65.6 Å². The average molecular weight is 496 g/mol. The lowest BCUT2D eigenvalue weighted by Gasteiger charge is -2.25. The molecule has 0 aromatic heterocycles. The summed E-state index contributed by atoms with van der Waals surface area (Å²) in [5.41, 5.74) is 10.0. The number of fused-ring (bicyclic) bond motifs is 3. The lowest BCUT2D eigenvalue weighted by Crippen LogP contribution is -2.43. The number of carbonyl (C=O) groups excluding carboxylic acids is 1. The number of alkyl halides is 3. The molecular formula is C24H27F3N2O6. The molecule has 0 fully saturated rings. The highest BCUT2D eigenvalue weighted by Crippen LogP contribution is 2.44. The quantitative estimate of drug-likeness (QED) is 0.470. The highest BCUT2D eigenvalue weighted by molar-refractivity contribution is 5.81. The third-order valence-corrected chi connectivity index (χ3v) is 5.55. The minimum absolute atomic E-state index is 0.0507. The van der Waals surface area contributed by atoms with Gasteiger partial charge in [-0.25, -0.2) is 14.4 Å². The number of carboxylic acids is 2. The first kappa shape index (κ1) is 27.6. The summed E-state index contributed by atoms with van der Waals surface area (Å²) in [6.45, 7) is 0.674. The van der Waals surface area contributed by atoms with E-state index >= 15 is 0 Å². The van der Waals surface area contributed by atoms with Gasteiger partial charge in [-0.15, -0.1) is 0 Å². The Morgan fingerprint density at radius 2 is 1.49 bits per heavy atom. The Morgan fingerprint density at radius 3 is 1.91 bits per heavy atom. The van der Waals surface area contributed by atoms with Crippen LogP contribution in [0.15, 0.2) is 48.5 Å². The molecule has 0 saturated heterocycles. The first-order valence-electron chi connectivity index (χ1n) is 10.8. The van der Waals surface area contributed by atoms with E-state index in [1.807, 2.05) is 36.4 Å². The van der Waals surface area contributed by atoms with E-state index in [2.05, 4.69) is 12.1 Å². The number of nitrogens with two attached hydrogens (primary N) is 1. The smallest absolute Gasteiger partial charge is 0.480 e. The van der Waals surface area contributed by atoms with E-state index in [9.17, 15) is 27.9 Å². The van der Waals surface area contributed by atoms with Gasteiger partial charge in [-0.05, 0) is 48.1 Å². The standard InChI is InChI=1S/C22H26N2O4.C2HF3O2/c1-24(20(21(25)26)12-6-7-13-23)22(27)28-14-19-17-10-4-2-8-15(17)16-9-3-5-11-18(16)19;3-2(4,5)1(6)7/h2-5,8-11,19-20H,6-7,12-14,23H2,1H3,(H,25,26);(H,6,7)/t20-;/m0./s1. The maximum atomic E-state index is 12.5. The van der Waals surface area contributed by atoms with Crippen LogP contribution in [-0.2, 0) is 14.3 Å². The van der Waals surface area contributed by atoms with E-state index in [4.69, 9.17) is 20.4 Å². The second-order valence-corrected chi connectivity index (χ2v) is 7.86. The lowest BCUT2D eigenvalue weighted by atomic mass is 9.98. The molecule has 0 bridgehead atoms. The monoisotopic (exact) mass is 496 g/mol. The van der Waals surface area contributed by atoms with Crippen LogP contribution in [0.2, 0.25) is 0 Å². The van der Waals surface area contributed by atoms with Crippen molar-refractivity contribution in [3.05, 3.63) is 59.7 Å². The van der Waals surface area contributed by atoms with Gasteiger partial charge in [0, 0.05) is 13.0 Å². The Bertz CT molecular complexity index is 998. The van der Waals surface area contributed by atoms with E-state index in [0.29, 0.717) is 19.4 Å². The number of carboxylic acid groups (broad SMARTS) is 2. The van der Waals surface area contributed by atoms with E-state index < -0.39 is 30.2 Å². The number of halogens is 3. The molecule has 35 heavy (non-hydrogen) atoms. The fourth-order valence-electron chi connectivity index (χ4n) is 3.79. The number of benzene rings is 2. The van der Waals surface area contributed by atoms with Crippen LogP contribution in [0.3, 0.4) is 0 Å². The SMILES string of the molecule is CN(C(=O)OCC1c2ccccc2-c2ccccc21)[C@@H](CCCCN)C(=O)O.O=C(O)C(F)(F)F. The molecule has 0 heterocycles. The third kappa shape index (κ3) is 7.19. The second-order valence-electron chi connectivity index (χ2n) is 7.86. The zero-order valence-corrected chi connectivity index (χ0v) is 19.0. The number of likely N-dealkylation sites (N-methyl/N-ethyl adjacent to an activating group) is 1. The average Bonchev–Trinajstić information content (AvgIpc) is 3.13. The number of ether oxygens (including phenoxy) is 1. The Labute approximate surface area is 200 Å². The topological polar surface area (TPSA) is 130 Å². The molecule has 190 valence electrons. The van der Waals surface area contributed by atoms with Gasteiger partial charge >= 0.3 is 24.2 Å². The van der Waals surface area contributed by atoms with Gasteiger partial charge in [0.25, 0.3) is 0 Å². The van der Waals surface area contributed by atoms with Crippen molar-refractivity contribution < 1.29 is 42.5 Å². The number of amides is 1. The predicted octanol–water partition coefficient (Wildman–Crippen LogP) is 4.08. The Balaban J connectivity index is 0.000000540. The molecular weight excluding hydrogens is 469 g/mol. The number of aliphatic carboxylic acids is 2. The second kappa shape index (κ2) is 12.2. The molecule has 2 aromatic rings. The summed E-state index contributed by atoms with van der Waals surface area (Å²) < 4.78 is 37.3. The van der Waals surface area contributed by atoms with Crippen molar-refractivity contribution in [2.45, 2.75) is 37.4 Å². The summed E-state index contributed by atoms with van der Waals surface area (Å²) in [5.74, 6) is -3.84. The minimum atomic E-state index is -5.08. The number of nitrogens with zero attached hydrogens (tertiary/aromatic N) is 1. The van der Waals surface area contributed by atoms with E-state index in [1.165, 1.54) is 11.9 Å². The van der Waals surface area contributed by atoms with Crippen molar-refractivity contribution >= 4 is 18.0 Å². The molecule has 0 aliphatic heterocycles. The van der Waals surface area contributed by atoms with Gasteiger partial charge in [-0.1, -0.05) is 48.5 Å². The zero-order chi connectivity index (χ0) is 26.2. The first-order chi connectivity index (χ1) is 16.5. The summed E-state index contributed by atoms with van der Waals surface area (Å²) in [6, 6.07) is 15.3. The van der Waals surface area contributed by atoms with Crippen molar-refractivity contribution in [2.75, 3.05) is 20.2 Å². The highest BCUT2D eigenvalue weighted by Gasteiger charge is 2.38. The van der Waals surface area contributed by atoms with Crippen molar-refractivity contribution in [3.63, 3.8) is 0 Å². The molecule has 2 aromatic carbocycles. The molecule has 11 heteroatoms. The molecule has 1 amide bonds. The number of carbonyl (C=O) groups is 3. The fourth-order valence-corrected chi connectivity index (χ4v) is 3.79. The summed E-state index contributed by atoms with van der Waals surface area (Å²) in [7, 11) is 1.47. The van der Waals surface area contributed by atoms with Crippen molar-refractivity contribution in [3.8, 4) is 11.1 Å². The fraction of sp³-hybridized carbons (Fsp3) is 0.375. The summed E-state index contributed by atoms with van der Waals surface area (Å²) in [4.78, 5) is 34.1. The zero-order valence-electron chi connectivity index (χ0n) is 19.0. The Morgan fingerprint density at radius 1 is 1.00 bits per heavy atom. The number of hydrogen-bond acceptors (Lipinski definition) is 5. The molecule has 8 nitrogen and oxygen atoms in total. The van der Waals surface area contributed by atoms with Gasteiger partial charge in [0.1, 0.15) is 12.6 Å². The van der Waals surface area contributed by atoms with Gasteiger partial charge in [0.2, 0.25) is 0 Å². The van der Waals surface area contributed by atoms with Crippen LogP contribution in [0.4, 0.5) is 18.0 Å². The maximum Gasteiger partial charge on any atom is 0.490 e. The van der Waals surface area contributed by atoms with Gasteiger partial charge in [-0.3, -0.25) is 4.90 Å². The Kier molecular flexibility index (Phi) is 9.64. The van der Waals surface area contributed by atoms with Crippen molar-refractivity contribution in [1.82, 2.24) is 4.90 Å². The molecule has 0 saturated carbocycles. The first-order valence-corrected chi connectivity index (χ1v) is 10.8. The van der Waals surface area contributed by atoms with E-state index in [0.717, 1.165) is 28.7 Å². The van der Waals surface area contributed by atoms with Crippen LogP contribution in [0, 0.1) is 0 Å². The molecule has 0 spiro atoms. The largest absolute Gasteiger partial charge is 0.490 e. The van der Waals surface area contributed by atoms with Crippen LogP contribution >= 0.6 is 0 Å². The van der Waals surface area contributed by atoms with Crippen LogP contribution < -0.4 is 5.73 Å². The summed E-state index contributed by atoms with van der Waals surface area (Å²) in [6.07, 6.45) is -3.98. The summed E-state index contributed by atoms with van der Waals surface area (Å²) in [5, 5.41) is 16.6. The molecule has 0 radical (unpaired) electrons. The summed E-state index contributed by atoms with van der Waals surface area (Å²) >= 11 is 0. The Hall–Kier alpha value is -3.60. The number of rotatable bonds is 8. The highest BCUT2D eigenvalue weighted by atomic mass is 19.4. The molecule has 1 aliphatic carbocycles. The van der Waals surface area contributed by atoms with Crippen molar-refractivity contribution in [1.29, 1.82) is 0 Å². The van der Waals surface area contributed by atoms with Crippen LogP contribution in [0.5, 0.6) is 0 Å². The van der Waals surface area contributed by atoms with Gasteiger partial charge < -0.3 is 20.7 Å². The molecule has 3 rings (SSSR count). The normalized spacial score (nSPS) is 13.1. The molecule has 1 aliphatic rings. The van der Waals surface area contributed by atoms with E-state index in [-0.39, 0.29) is 12.5 Å². The van der Waals surface area contributed by atoms with Crippen LogP contribution in [0.25, 0.3) is 11.1 Å². The minimum Gasteiger partial charge on any atom is -0.480 e. The number of unbranched alkanes of at least 4 members (excludes halogenated alkanes) is 1. The lowest BCUT2D eigenvalue weighted by molar-refractivity contribution is -0.192.